The van der Waals surface area contributed by atoms with Gasteiger partial charge in [-0.15, -0.1) is 0 Å². The number of aryl methyl sites for hydroxylation is 1. The van der Waals surface area contributed by atoms with E-state index in [1.165, 1.54) is 43.5 Å². The molecule has 4 unspecified atom stereocenters. The number of urea groups is 1. The quantitative estimate of drug-likeness (QED) is 0.749. The Morgan fingerprint density at radius 3 is 2.84 bits per heavy atom. The molecule has 1 aliphatic carbocycles. The van der Waals surface area contributed by atoms with Crippen LogP contribution in [0.4, 0.5) is 10.5 Å². The van der Waals surface area contributed by atoms with Crippen LogP contribution in [-0.4, -0.2) is 46.4 Å². The van der Waals surface area contributed by atoms with Crippen LogP contribution in [0, 0.1) is 17.2 Å². The molecule has 0 radical (unpaired) electrons. The second-order valence-corrected chi connectivity index (χ2v) is 9.67. The topological polar surface area (TPSA) is 86.0 Å². The minimum atomic E-state index is -0.216. The molecule has 4 aliphatic rings. The lowest BCUT2D eigenvalue weighted by Crippen LogP contribution is -2.56. The van der Waals surface area contributed by atoms with E-state index in [0.717, 1.165) is 19.5 Å². The van der Waals surface area contributed by atoms with Gasteiger partial charge >= 0.3 is 6.03 Å². The Labute approximate surface area is 189 Å². The van der Waals surface area contributed by atoms with Gasteiger partial charge in [0.1, 0.15) is 0 Å². The van der Waals surface area contributed by atoms with E-state index in [4.69, 9.17) is 10.4 Å². The largest absolute Gasteiger partial charge is 0.336 e. The minimum absolute atomic E-state index is 0.216. The summed E-state index contributed by atoms with van der Waals surface area (Å²) in [5, 5.41) is 19.8. The first-order valence-electron chi connectivity index (χ1n) is 11.9. The summed E-state index contributed by atoms with van der Waals surface area (Å²) in [5.41, 5.74) is 3.87. The third-order valence-corrected chi connectivity index (χ3v) is 7.71. The summed E-state index contributed by atoms with van der Waals surface area (Å²) in [5.74, 6) is 1.84. The van der Waals surface area contributed by atoms with Crippen molar-refractivity contribution in [1.29, 1.82) is 5.26 Å². The smallest absolute Gasteiger partial charge is 0.319 e. The van der Waals surface area contributed by atoms with Crippen LogP contribution in [0.1, 0.15) is 67.3 Å². The van der Waals surface area contributed by atoms with Gasteiger partial charge in [0.25, 0.3) is 0 Å². The molecule has 32 heavy (non-hydrogen) atoms. The lowest BCUT2D eigenvalue weighted by atomic mass is 9.74. The van der Waals surface area contributed by atoms with Crippen molar-refractivity contribution in [2.75, 3.05) is 25.0 Å². The van der Waals surface area contributed by atoms with Crippen LogP contribution in [-0.2, 0) is 7.05 Å². The Balaban J connectivity index is 1.18. The molecule has 1 saturated carbocycles. The number of rotatable bonds is 5. The summed E-state index contributed by atoms with van der Waals surface area (Å²) in [6.45, 7) is 2.80. The van der Waals surface area contributed by atoms with Gasteiger partial charge in [0.15, 0.2) is 0 Å². The van der Waals surface area contributed by atoms with E-state index in [1.807, 2.05) is 0 Å². The first-order valence-corrected chi connectivity index (χ1v) is 11.9. The molecule has 2 N–H and O–H groups in total. The van der Waals surface area contributed by atoms with Crippen LogP contribution in [0.15, 0.2) is 30.3 Å². The van der Waals surface area contributed by atoms with E-state index in [9.17, 15) is 4.79 Å². The van der Waals surface area contributed by atoms with Crippen molar-refractivity contribution in [2.24, 2.45) is 13.0 Å². The lowest BCUT2D eigenvalue weighted by molar-refractivity contribution is 0.0296. The molecular formula is C25H32N6O. The van der Waals surface area contributed by atoms with Crippen molar-refractivity contribution in [1.82, 2.24) is 20.0 Å². The standard InChI is InChI=1S/C25H32N6O/c1-30-24(13-23(29-30)18-6-2-3-7-18)22-16-31-10-9-19(22)12-21(31)15-27-25(32)28-20-8-4-5-17(11-20)14-26/h4-5,8,11,13,18-19,21-22H,2-3,6-7,9-10,12,15-16H2,1H3,(H2,27,28,32). The van der Waals surface area contributed by atoms with E-state index in [2.05, 4.69) is 39.4 Å². The summed E-state index contributed by atoms with van der Waals surface area (Å²) < 4.78 is 2.14. The number of carbonyl (C=O) groups is 1. The molecule has 2 bridgehead atoms. The predicted octanol–water partition coefficient (Wildman–Crippen LogP) is 3.95. The van der Waals surface area contributed by atoms with Crippen LogP contribution in [0.3, 0.4) is 0 Å². The third-order valence-electron chi connectivity index (χ3n) is 7.71. The molecule has 2 aromatic rings. The number of nitriles is 1. The summed E-state index contributed by atoms with van der Waals surface area (Å²) in [6.07, 6.45) is 7.57. The van der Waals surface area contributed by atoms with Crippen molar-refractivity contribution in [2.45, 2.75) is 56.4 Å². The third kappa shape index (κ3) is 4.24. The zero-order valence-electron chi connectivity index (χ0n) is 18.8. The molecule has 4 atom stereocenters. The molecule has 1 aromatic carbocycles. The second kappa shape index (κ2) is 8.95. The summed E-state index contributed by atoms with van der Waals surface area (Å²) in [7, 11) is 2.11. The van der Waals surface area contributed by atoms with Crippen LogP contribution in [0.25, 0.3) is 0 Å². The summed E-state index contributed by atoms with van der Waals surface area (Å²) >= 11 is 0. The van der Waals surface area contributed by atoms with Gasteiger partial charge < -0.3 is 10.6 Å². The minimum Gasteiger partial charge on any atom is -0.336 e. The maximum atomic E-state index is 12.4. The Hall–Kier alpha value is -2.85. The molecule has 3 saturated heterocycles. The normalized spacial score (nSPS) is 27.2. The van der Waals surface area contributed by atoms with E-state index < -0.39 is 0 Å². The number of anilines is 1. The fourth-order valence-electron chi connectivity index (χ4n) is 6.01. The Bertz CT molecular complexity index is 1020. The highest BCUT2D eigenvalue weighted by molar-refractivity contribution is 5.89. The van der Waals surface area contributed by atoms with Gasteiger partial charge in [-0.3, -0.25) is 9.58 Å². The summed E-state index contributed by atoms with van der Waals surface area (Å²) in [6, 6.07) is 11.6. The molecule has 6 rings (SSSR count). The average molecular weight is 433 g/mol. The van der Waals surface area contributed by atoms with Gasteiger partial charge in [0.05, 0.1) is 17.3 Å². The predicted molar refractivity (Wildman–Crippen MR) is 123 cm³/mol. The molecule has 4 heterocycles. The Morgan fingerprint density at radius 1 is 1.25 bits per heavy atom. The number of piperidine rings is 3. The molecule has 168 valence electrons. The van der Waals surface area contributed by atoms with Gasteiger partial charge in [-0.1, -0.05) is 18.9 Å². The molecule has 3 aliphatic heterocycles. The van der Waals surface area contributed by atoms with Crippen LogP contribution in [0.5, 0.6) is 0 Å². The molecule has 7 nitrogen and oxygen atoms in total. The number of hydrogen-bond donors (Lipinski definition) is 2. The Morgan fingerprint density at radius 2 is 2.09 bits per heavy atom. The summed E-state index contributed by atoms with van der Waals surface area (Å²) in [4.78, 5) is 14.9. The maximum Gasteiger partial charge on any atom is 0.319 e. The average Bonchev–Trinajstić information content (AvgIpc) is 3.48. The van der Waals surface area contributed by atoms with E-state index in [0.29, 0.717) is 41.6 Å². The number of nitrogens with zero attached hydrogens (tertiary/aromatic N) is 4. The maximum absolute atomic E-state index is 12.4. The number of benzene rings is 1. The van der Waals surface area contributed by atoms with Crippen molar-refractivity contribution < 1.29 is 4.79 Å². The number of amides is 2. The number of fused-ring (bicyclic) bond motifs is 3. The number of nitrogens with one attached hydrogen (secondary N) is 2. The SMILES string of the molecule is Cn1nc(C2CCCC2)cc1C1CN2CCC1CC2CNC(=O)Nc1cccc(C#N)c1. The van der Waals surface area contributed by atoms with Gasteiger partial charge in [0, 0.05) is 49.4 Å². The van der Waals surface area contributed by atoms with Crippen LogP contribution in [0.2, 0.25) is 0 Å². The fourth-order valence-corrected chi connectivity index (χ4v) is 6.01. The highest BCUT2D eigenvalue weighted by atomic mass is 16.2. The molecular weight excluding hydrogens is 400 g/mol. The Kier molecular flexibility index (Phi) is 5.88. The van der Waals surface area contributed by atoms with Gasteiger partial charge in [-0.05, 0) is 62.4 Å². The van der Waals surface area contributed by atoms with Crippen molar-refractivity contribution in [3.8, 4) is 6.07 Å². The molecule has 2 amide bonds. The van der Waals surface area contributed by atoms with Crippen molar-refractivity contribution >= 4 is 11.7 Å². The molecule has 1 aromatic heterocycles. The van der Waals surface area contributed by atoms with E-state index in [-0.39, 0.29) is 6.03 Å². The van der Waals surface area contributed by atoms with E-state index in [1.54, 1.807) is 24.3 Å². The number of hydrogen-bond acceptors (Lipinski definition) is 4. The zero-order chi connectivity index (χ0) is 22.1. The van der Waals surface area contributed by atoms with Crippen LogP contribution < -0.4 is 10.6 Å². The number of aromatic nitrogens is 2. The second-order valence-electron chi connectivity index (χ2n) is 9.67. The monoisotopic (exact) mass is 432 g/mol. The molecule has 0 spiro atoms. The fraction of sp³-hybridized carbons (Fsp3) is 0.560. The highest BCUT2D eigenvalue weighted by Gasteiger charge is 2.42. The lowest BCUT2D eigenvalue weighted by Gasteiger charge is -2.49. The first-order chi connectivity index (χ1) is 15.6. The van der Waals surface area contributed by atoms with Crippen LogP contribution >= 0.6 is 0 Å². The number of carbonyl (C=O) groups excluding carboxylic acids is 1. The molecule has 4 fully saturated rings. The van der Waals surface area contributed by atoms with Crippen molar-refractivity contribution in [3.05, 3.63) is 47.3 Å². The van der Waals surface area contributed by atoms with Crippen molar-refractivity contribution in [3.63, 3.8) is 0 Å². The molecule has 7 heteroatoms. The van der Waals surface area contributed by atoms with Gasteiger partial charge in [0.2, 0.25) is 0 Å². The van der Waals surface area contributed by atoms with Gasteiger partial charge in [-0.25, -0.2) is 4.79 Å². The zero-order valence-corrected chi connectivity index (χ0v) is 18.8. The van der Waals surface area contributed by atoms with E-state index >= 15 is 0 Å². The highest BCUT2D eigenvalue weighted by Crippen LogP contribution is 2.43. The van der Waals surface area contributed by atoms with Gasteiger partial charge in [-0.2, -0.15) is 10.4 Å². The first kappa shape index (κ1) is 21.0.